The van der Waals surface area contributed by atoms with Crippen LogP contribution in [0, 0.1) is 6.92 Å². The van der Waals surface area contributed by atoms with E-state index in [1.807, 2.05) is 6.92 Å². The third kappa shape index (κ3) is 3.95. The van der Waals surface area contributed by atoms with Crippen molar-refractivity contribution in [3.63, 3.8) is 0 Å². The van der Waals surface area contributed by atoms with Gasteiger partial charge in [0.2, 0.25) is 10.0 Å². The van der Waals surface area contributed by atoms with Crippen molar-refractivity contribution in [3.8, 4) is 5.75 Å². The standard InChI is InChI=1S/C14H20N2O4S/c1-10-5-6-12(13(17)8-10)14(18)15-11-4-3-7-16(9-11)21(2,19)20/h5-6,8,11,17H,3-4,7,9H2,1-2H3,(H,15,18). The number of nitrogens with one attached hydrogen (secondary N) is 1. The van der Waals surface area contributed by atoms with Gasteiger partial charge in [-0.2, -0.15) is 0 Å². The Morgan fingerprint density at radius 1 is 1.43 bits per heavy atom. The molecule has 0 saturated carbocycles. The van der Waals surface area contributed by atoms with E-state index in [4.69, 9.17) is 0 Å². The van der Waals surface area contributed by atoms with Crippen LogP contribution in [0.2, 0.25) is 0 Å². The SMILES string of the molecule is Cc1ccc(C(=O)NC2CCCN(S(C)(=O)=O)C2)c(O)c1. The summed E-state index contributed by atoms with van der Waals surface area (Å²) >= 11 is 0. The average Bonchev–Trinajstić information content (AvgIpc) is 2.37. The molecular formula is C14H20N2O4S. The lowest BCUT2D eigenvalue weighted by atomic mass is 10.1. The Morgan fingerprint density at radius 3 is 2.76 bits per heavy atom. The molecule has 0 radical (unpaired) electrons. The number of aryl methyl sites for hydroxylation is 1. The topological polar surface area (TPSA) is 86.7 Å². The fraction of sp³-hybridized carbons (Fsp3) is 0.500. The van der Waals surface area contributed by atoms with Gasteiger partial charge in [-0.15, -0.1) is 0 Å². The molecule has 1 saturated heterocycles. The summed E-state index contributed by atoms with van der Waals surface area (Å²) in [5, 5.41) is 12.6. The largest absolute Gasteiger partial charge is 0.507 e. The van der Waals surface area contributed by atoms with E-state index in [0.29, 0.717) is 13.0 Å². The number of sulfonamides is 1. The third-order valence-electron chi connectivity index (χ3n) is 3.59. The highest BCUT2D eigenvalue weighted by atomic mass is 32.2. The van der Waals surface area contributed by atoms with Gasteiger partial charge in [-0.05, 0) is 37.5 Å². The predicted molar refractivity (Wildman–Crippen MR) is 79.7 cm³/mol. The molecule has 1 aromatic carbocycles. The zero-order valence-electron chi connectivity index (χ0n) is 12.2. The molecule has 0 aliphatic carbocycles. The van der Waals surface area contributed by atoms with Gasteiger partial charge in [0.1, 0.15) is 5.75 Å². The summed E-state index contributed by atoms with van der Waals surface area (Å²) in [4.78, 5) is 12.2. The number of phenols is 1. The molecule has 7 heteroatoms. The summed E-state index contributed by atoms with van der Waals surface area (Å²) in [6.07, 6.45) is 2.60. The monoisotopic (exact) mass is 312 g/mol. The summed E-state index contributed by atoms with van der Waals surface area (Å²) in [7, 11) is -3.24. The van der Waals surface area contributed by atoms with Crippen LogP contribution in [0.3, 0.4) is 0 Å². The Bertz CT molecular complexity index is 642. The first-order chi connectivity index (χ1) is 9.77. The minimum absolute atomic E-state index is 0.0664. The van der Waals surface area contributed by atoms with Gasteiger partial charge in [0, 0.05) is 19.1 Å². The van der Waals surface area contributed by atoms with E-state index in [0.717, 1.165) is 12.0 Å². The Morgan fingerprint density at radius 2 is 2.14 bits per heavy atom. The molecule has 0 bridgehead atoms. The molecule has 1 unspecified atom stereocenters. The summed E-state index contributed by atoms with van der Waals surface area (Å²) in [6, 6.07) is 4.61. The lowest BCUT2D eigenvalue weighted by molar-refractivity contribution is 0.0919. The number of hydrogen-bond donors (Lipinski definition) is 2. The van der Waals surface area contributed by atoms with Crippen LogP contribution >= 0.6 is 0 Å². The molecular weight excluding hydrogens is 292 g/mol. The molecule has 2 N–H and O–H groups in total. The zero-order valence-corrected chi connectivity index (χ0v) is 13.0. The number of carbonyl (C=O) groups is 1. The van der Waals surface area contributed by atoms with E-state index in [2.05, 4.69) is 5.32 Å². The molecule has 2 rings (SSSR count). The number of carbonyl (C=O) groups excluding carboxylic acids is 1. The molecule has 21 heavy (non-hydrogen) atoms. The number of nitrogens with zero attached hydrogens (tertiary/aromatic N) is 1. The first-order valence-electron chi connectivity index (χ1n) is 6.83. The Hall–Kier alpha value is -1.60. The second-order valence-electron chi connectivity index (χ2n) is 5.45. The second kappa shape index (κ2) is 6.03. The molecule has 1 aliphatic heterocycles. The lowest BCUT2D eigenvalue weighted by Gasteiger charge is -2.31. The molecule has 1 aliphatic rings. The first-order valence-corrected chi connectivity index (χ1v) is 8.68. The Balaban J connectivity index is 2.05. The number of amides is 1. The van der Waals surface area contributed by atoms with Crippen molar-refractivity contribution in [1.82, 2.24) is 9.62 Å². The van der Waals surface area contributed by atoms with E-state index in [9.17, 15) is 18.3 Å². The molecule has 1 fully saturated rings. The van der Waals surface area contributed by atoms with E-state index < -0.39 is 10.0 Å². The minimum atomic E-state index is -3.24. The van der Waals surface area contributed by atoms with Crippen molar-refractivity contribution in [2.45, 2.75) is 25.8 Å². The van der Waals surface area contributed by atoms with E-state index >= 15 is 0 Å². The number of phenolic OH excluding ortho intramolecular Hbond substituents is 1. The smallest absolute Gasteiger partial charge is 0.255 e. The maximum atomic E-state index is 12.2. The van der Waals surface area contributed by atoms with Crippen LogP contribution in [0.5, 0.6) is 5.75 Å². The summed E-state index contributed by atoms with van der Waals surface area (Å²) in [5.74, 6) is -0.448. The van der Waals surface area contributed by atoms with Crippen LogP contribution in [-0.4, -0.2) is 49.1 Å². The van der Waals surface area contributed by atoms with Crippen LogP contribution in [-0.2, 0) is 10.0 Å². The van der Waals surface area contributed by atoms with Crippen molar-refractivity contribution in [1.29, 1.82) is 0 Å². The van der Waals surface area contributed by atoms with Gasteiger partial charge in [0.25, 0.3) is 5.91 Å². The zero-order chi connectivity index (χ0) is 15.6. The number of hydrogen-bond acceptors (Lipinski definition) is 4. The molecule has 116 valence electrons. The Kier molecular flexibility index (Phi) is 4.53. The fourth-order valence-corrected chi connectivity index (χ4v) is 3.37. The highest BCUT2D eigenvalue weighted by molar-refractivity contribution is 7.88. The normalized spacial score (nSPS) is 20.2. The summed E-state index contributed by atoms with van der Waals surface area (Å²) in [6.45, 7) is 2.59. The van der Waals surface area contributed by atoms with Crippen LogP contribution in [0.15, 0.2) is 18.2 Å². The van der Waals surface area contributed by atoms with Crippen molar-refractivity contribution in [2.75, 3.05) is 19.3 Å². The lowest BCUT2D eigenvalue weighted by Crippen LogP contribution is -2.49. The highest BCUT2D eigenvalue weighted by Crippen LogP contribution is 2.19. The number of benzene rings is 1. The molecule has 1 amide bonds. The predicted octanol–water partition coefficient (Wildman–Crippen LogP) is 0.854. The molecule has 0 spiro atoms. The summed E-state index contributed by atoms with van der Waals surface area (Å²) in [5.41, 5.74) is 1.07. The van der Waals surface area contributed by atoms with Gasteiger partial charge in [0.05, 0.1) is 11.8 Å². The van der Waals surface area contributed by atoms with Gasteiger partial charge >= 0.3 is 0 Å². The summed E-state index contributed by atoms with van der Waals surface area (Å²) < 4.78 is 24.5. The molecule has 0 aromatic heterocycles. The van der Waals surface area contributed by atoms with E-state index in [1.54, 1.807) is 12.1 Å². The van der Waals surface area contributed by atoms with Gasteiger partial charge in [-0.3, -0.25) is 4.79 Å². The van der Waals surface area contributed by atoms with Gasteiger partial charge in [0.15, 0.2) is 0 Å². The molecule has 1 heterocycles. The molecule has 1 aromatic rings. The number of piperidine rings is 1. The molecule has 6 nitrogen and oxygen atoms in total. The quantitative estimate of drug-likeness (QED) is 0.866. The second-order valence-corrected chi connectivity index (χ2v) is 7.44. The van der Waals surface area contributed by atoms with Crippen molar-refractivity contribution in [3.05, 3.63) is 29.3 Å². The highest BCUT2D eigenvalue weighted by Gasteiger charge is 2.27. The maximum absolute atomic E-state index is 12.2. The number of rotatable bonds is 3. The van der Waals surface area contributed by atoms with Crippen molar-refractivity contribution >= 4 is 15.9 Å². The third-order valence-corrected chi connectivity index (χ3v) is 4.86. The van der Waals surface area contributed by atoms with Crippen molar-refractivity contribution in [2.24, 2.45) is 0 Å². The van der Waals surface area contributed by atoms with Crippen LogP contribution in [0.4, 0.5) is 0 Å². The average molecular weight is 312 g/mol. The van der Waals surface area contributed by atoms with Crippen molar-refractivity contribution < 1.29 is 18.3 Å². The fourth-order valence-electron chi connectivity index (χ4n) is 2.46. The van der Waals surface area contributed by atoms with Gasteiger partial charge in [-0.1, -0.05) is 6.07 Å². The number of aromatic hydroxyl groups is 1. The van der Waals surface area contributed by atoms with E-state index in [1.165, 1.54) is 16.6 Å². The van der Waals surface area contributed by atoms with Crippen LogP contribution in [0.25, 0.3) is 0 Å². The minimum Gasteiger partial charge on any atom is -0.507 e. The molecule has 1 atom stereocenters. The van der Waals surface area contributed by atoms with Crippen LogP contribution < -0.4 is 5.32 Å². The first kappa shape index (κ1) is 15.8. The van der Waals surface area contributed by atoms with Gasteiger partial charge < -0.3 is 10.4 Å². The van der Waals surface area contributed by atoms with Gasteiger partial charge in [-0.25, -0.2) is 12.7 Å². The van der Waals surface area contributed by atoms with E-state index in [-0.39, 0.29) is 29.8 Å². The van der Waals surface area contributed by atoms with Crippen LogP contribution in [0.1, 0.15) is 28.8 Å². The maximum Gasteiger partial charge on any atom is 0.255 e. The Labute approximate surface area is 124 Å².